The predicted molar refractivity (Wildman–Crippen MR) is 105 cm³/mol. The Labute approximate surface area is 156 Å². The topological polar surface area (TPSA) is 32.3 Å². The number of carbonyl (C=O) groups excluding carboxylic acids is 1. The summed E-state index contributed by atoms with van der Waals surface area (Å²) in [6.45, 7) is 6.22. The van der Waals surface area contributed by atoms with Crippen molar-refractivity contribution < 1.29 is 4.79 Å². The maximum atomic E-state index is 13.0. The quantitative estimate of drug-likeness (QED) is 0.800. The Morgan fingerprint density at radius 2 is 1.80 bits per heavy atom. The highest BCUT2D eigenvalue weighted by Gasteiger charge is 2.37. The van der Waals surface area contributed by atoms with E-state index in [1.54, 1.807) is 6.07 Å². The van der Waals surface area contributed by atoms with E-state index in [9.17, 15) is 4.79 Å². The maximum absolute atomic E-state index is 13.0. The van der Waals surface area contributed by atoms with Crippen LogP contribution >= 0.6 is 11.6 Å². The van der Waals surface area contributed by atoms with Crippen molar-refractivity contribution in [2.75, 3.05) is 14.1 Å². The number of halogens is 1. The van der Waals surface area contributed by atoms with Gasteiger partial charge in [0.15, 0.2) is 0 Å². The van der Waals surface area contributed by atoms with E-state index in [1.165, 1.54) is 0 Å². The fourth-order valence-electron chi connectivity index (χ4n) is 3.14. The first kappa shape index (κ1) is 19.5. The molecule has 2 aromatic rings. The van der Waals surface area contributed by atoms with E-state index >= 15 is 0 Å². The van der Waals surface area contributed by atoms with Crippen LogP contribution < -0.4 is 5.32 Å². The van der Waals surface area contributed by atoms with Crippen molar-refractivity contribution >= 4 is 17.5 Å². The lowest BCUT2D eigenvalue weighted by atomic mass is 9.83. The summed E-state index contributed by atoms with van der Waals surface area (Å²) in [7, 11) is 4.10. The van der Waals surface area contributed by atoms with Gasteiger partial charge < -0.3 is 10.2 Å². The van der Waals surface area contributed by atoms with E-state index < -0.39 is 0 Å². The minimum atomic E-state index is -0.230. The molecule has 0 fully saturated rings. The van der Waals surface area contributed by atoms with Gasteiger partial charge >= 0.3 is 0 Å². The molecule has 0 aromatic heterocycles. The summed E-state index contributed by atoms with van der Waals surface area (Å²) in [5.74, 6) is -0.140. The number of hydrogen-bond donors (Lipinski definition) is 1. The first-order valence-corrected chi connectivity index (χ1v) is 8.97. The number of carbonyl (C=O) groups is 1. The van der Waals surface area contributed by atoms with Crippen molar-refractivity contribution in [3.8, 4) is 0 Å². The van der Waals surface area contributed by atoms with Crippen molar-refractivity contribution in [2.45, 2.75) is 38.8 Å². The molecule has 2 aromatic carbocycles. The average Bonchev–Trinajstić information content (AvgIpc) is 2.59. The molecule has 2 unspecified atom stereocenters. The van der Waals surface area contributed by atoms with Crippen molar-refractivity contribution in [1.82, 2.24) is 10.2 Å². The predicted octanol–water partition coefficient (Wildman–Crippen LogP) is 4.85. The van der Waals surface area contributed by atoms with Crippen molar-refractivity contribution in [3.63, 3.8) is 0 Å². The van der Waals surface area contributed by atoms with E-state index in [-0.39, 0.29) is 17.5 Å². The smallest absolute Gasteiger partial charge is 0.253 e. The van der Waals surface area contributed by atoms with Crippen LogP contribution in [0.15, 0.2) is 48.5 Å². The van der Waals surface area contributed by atoms with Crippen LogP contribution in [0.3, 0.4) is 0 Å². The summed E-state index contributed by atoms with van der Waals surface area (Å²) >= 11 is 6.29. The zero-order chi connectivity index (χ0) is 18.6. The van der Waals surface area contributed by atoms with Crippen LogP contribution in [0.1, 0.15) is 47.8 Å². The molecule has 1 amide bonds. The van der Waals surface area contributed by atoms with Gasteiger partial charge in [0, 0.05) is 5.54 Å². The molecule has 0 aliphatic rings. The van der Waals surface area contributed by atoms with E-state index in [0.29, 0.717) is 10.6 Å². The molecule has 0 bridgehead atoms. The number of amides is 1. The fraction of sp³-hybridized carbons (Fsp3) is 0.381. The average molecular weight is 359 g/mol. The van der Waals surface area contributed by atoms with Crippen molar-refractivity contribution in [3.05, 3.63) is 70.2 Å². The summed E-state index contributed by atoms with van der Waals surface area (Å²) in [5, 5.41) is 3.72. The minimum Gasteiger partial charge on any atom is -0.343 e. The van der Waals surface area contributed by atoms with Crippen LogP contribution in [-0.4, -0.2) is 30.4 Å². The summed E-state index contributed by atoms with van der Waals surface area (Å²) in [6.07, 6.45) is 0.890. The van der Waals surface area contributed by atoms with E-state index in [2.05, 4.69) is 36.2 Å². The van der Waals surface area contributed by atoms with E-state index in [1.807, 2.05) is 51.4 Å². The van der Waals surface area contributed by atoms with E-state index in [4.69, 9.17) is 11.6 Å². The van der Waals surface area contributed by atoms with Gasteiger partial charge in [-0.3, -0.25) is 4.79 Å². The molecular formula is C21H27ClN2O. The molecule has 0 saturated heterocycles. The Morgan fingerprint density at radius 1 is 1.16 bits per heavy atom. The molecule has 25 heavy (non-hydrogen) atoms. The maximum Gasteiger partial charge on any atom is 0.253 e. The summed E-state index contributed by atoms with van der Waals surface area (Å²) in [6, 6.07) is 15.5. The first-order chi connectivity index (χ1) is 11.8. The van der Waals surface area contributed by atoms with Gasteiger partial charge in [0.1, 0.15) is 0 Å². The molecule has 2 rings (SSSR count). The Kier molecular flexibility index (Phi) is 6.26. The summed E-state index contributed by atoms with van der Waals surface area (Å²) in [5.41, 5.74) is 2.27. The Morgan fingerprint density at radius 3 is 2.32 bits per heavy atom. The molecular weight excluding hydrogens is 332 g/mol. The molecule has 1 N–H and O–H groups in total. The molecule has 0 heterocycles. The summed E-state index contributed by atoms with van der Waals surface area (Å²) in [4.78, 5) is 15.2. The number of likely N-dealkylation sites (N-methyl/N-ethyl adjacent to an activating group) is 1. The number of hydrogen-bond acceptors (Lipinski definition) is 2. The second-order valence-corrected chi connectivity index (χ2v) is 7.26. The van der Waals surface area contributed by atoms with Gasteiger partial charge in [-0.15, -0.1) is 0 Å². The number of rotatable bonds is 6. The van der Waals surface area contributed by atoms with Crippen LogP contribution in [0.25, 0.3) is 0 Å². The molecule has 134 valence electrons. The Balaban J connectivity index is 2.45. The van der Waals surface area contributed by atoms with E-state index in [0.717, 1.165) is 17.5 Å². The van der Waals surface area contributed by atoms with Crippen molar-refractivity contribution in [2.24, 2.45) is 0 Å². The third-order valence-electron chi connectivity index (χ3n) is 5.22. The van der Waals surface area contributed by atoms with Gasteiger partial charge in [-0.25, -0.2) is 0 Å². The van der Waals surface area contributed by atoms with Crippen LogP contribution in [0.4, 0.5) is 0 Å². The zero-order valence-corrected chi connectivity index (χ0v) is 16.4. The standard InChI is InChI=1S/C21H27ClN2O/c1-6-21(3,24(4)5)19(16-12-8-7-9-13-16)23-20(25)18-15(2)11-10-14-17(18)22/h7-14,19H,6H2,1-5H3,(H,23,25). The third-order valence-corrected chi connectivity index (χ3v) is 5.53. The highest BCUT2D eigenvalue weighted by molar-refractivity contribution is 6.34. The lowest BCUT2D eigenvalue weighted by Gasteiger charge is -2.43. The molecule has 0 radical (unpaired) electrons. The van der Waals surface area contributed by atoms with Crippen LogP contribution in [-0.2, 0) is 0 Å². The van der Waals surface area contributed by atoms with Crippen LogP contribution in [0.5, 0.6) is 0 Å². The second kappa shape index (κ2) is 8.03. The van der Waals surface area contributed by atoms with Gasteiger partial charge in [-0.2, -0.15) is 0 Å². The SMILES string of the molecule is CCC(C)(C(NC(=O)c1c(C)cccc1Cl)c1ccccc1)N(C)C. The number of benzene rings is 2. The Bertz CT molecular complexity index is 710. The molecule has 0 saturated carbocycles. The normalized spacial score (nSPS) is 14.8. The molecule has 0 aliphatic carbocycles. The van der Waals surface area contributed by atoms with Gasteiger partial charge in [0.05, 0.1) is 16.6 Å². The minimum absolute atomic E-state index is 0.140. The van der Waals surface area contributed by atoms with Gasteiger partial charge in [0.25, 0.3) is 5.91 Å². The van der Waals surface area contributed by atoms with Gasteiger partial charge in [0.2, 0.25) is 0 Å². The third kappa shape index (κ3) is 4.05. The van der Waals surface area contributed by atoms with Crippen LogP contribution in [0.2, 0.25) is 5.02 Å². The summed E-state index contributed by atoms with van der Waals surface area (Å²) < 4.78 is 0. The van der Waals surface area contributed by atoms with Crippen LogP contribution in [0, 0.1) is 6.92 Å². The highest BCUT2D eigenvalue weighted by atomic mass is 35.5. The molecule has 4 heteroatoms. The second-order valence-electron chi connectivity index (χ2n) is 6.85. The van der Waals surface area contributed by atoms with Crippen molar-refractivity contribution in [1.29, 1.82) is 0 Å². The highest BCUT2D eigenvalue weighted by Crippen LogP contribution is 2.33. The molecule has 3 nitrogen and oxygen atoms in total. The number of aryl methyl sites for hydroxylation is 1. The Hall–Kier alpha value is -1.84. The number of nitrogens with zero attached hydrogens (tertiary/aromatic N) is 1. The molecule has 0 aliphatic heterocycles. The largest absolute Gasteiger partial charge is 0.343 e. The fourth-order valence-corrected chi connectivity index (χ4v) is 3.45. The first-order valence-electron chi connectivity index (χ1n) is 8.59. The number of nitrogens with one attached hydrogen (secondary N) is 1. The lowest BCUT2D eigenvalue weighted by Crippen LogP contribution is -2.52. The molecule has 0 spiro atoms. The van der Waals surface area contributed by atoms with Gasteiger partial charge in [-0.1, -0.05) is 61.0 Å². The zero-order valence-electron chi connectivity index (χ0n) is 15.6. The lowest BCUT2D eigenvalue weighted by molar-refractivity contribution is 0.0790. The molecule has 2 atom stereocenters. The monoisotopic (exact) mass is 358 g/mol. The van der Waals surface area contributed by atoms with Gasteiger partial charge in [-0.05, 0) is 51.6 Å².